The number of anilines is 1. The first kappa shape index (κ1) is 18.0. The van der Waals surface area contributed by atoms with Gasteiger partial charge in [-0.1, -0.05) is 35.2 Å². The number of aromatic nitrogens is 3. The van der Waals surface area contributed by atoms with Crippen molar-refractivity contribution in [3.05, 3.63) is 63.5 Å². The van der Waals surface area contributed by atoms with Crippen molar-refractivity contribution in [1.29, 1.82) is 0 Å². The number of pyridine rings is 1. The van der Waals surface area contributed by atoms with Crippen molar-refractivity contribution in [2.75, 3.05) is 11.1 Å². The number of benzene rings is 1. The second-order valence-corrected chi connectivity index (χ2v) is 8.16. The van der Waals surface area contributed by atoms with Crippen molar-refractivity contribution in [2.24, 2.45) is 0 Å². The van der Waals surface area contributed by atoms with E-state index in [9.17, 15) is 9.18 Å². The minimum absolute atomic E-state index is 0.157. The first-order valence-electron chi connectivity index (χ1n) is 7.19. The Morgan fingerprint density at radius 1 is 1.20 bits per heavy atom. The lowest BCUT2D eigenvalue weighted by Gasteiger charge is -2.02. The number of nitrogens with zero attached hydrogens (tertiary/aromatic N) is 3. The topological polar surface area (TPSA) is 67.8 Å². The van der Waals surface area contributed by atoms with Crippen molar-refractivity contribution in [3.8, 4) is 0 Å². The Kier molecular flexibility index (Phi) is 6.11. The molecule has 0 bridgehead atoms. The molecule has 1 amide bonds. The van der Waals surface area contributed by atoms with Crippen LogP contribution in [0.5, 0.6) is 0 Å². The Morgan fingerprint density at radius 3 is 2.72 bits per heavy atom. The monoisotopic (exact) mass is 438 g/mol. The van der Waals surface area contributed by atoms with Gasteiger partial charge in [-0.05, 0) is 45.8 Å². The second kappa shape index (κ2) is 8.50. The highest BCUT2D eigenvalue weighted by atomic mass is 79.9. The van der Waals surface area contributed by atoms with Crippen molar-refractivity contribution in [2.45, 2.75) is 10.8 Å². The largest absolute Gasteiger partial charge is 0.310 e. The molecule has 2 heterocycles. The smallest absolute Gasteiger partial charge is 0.235 e. The summed E-state index contributed by atoms with van der Waals surface area (Å²) >= 11 is 6.04. The average molecular weight is 439 g/mol. The van der Waals surface area contributed by atoms with E-state index in [2.05, 4.69) is 36.4 Å². The number of carbonyl (C=O) groups is 1. The lowest BCUT2D eigenvalue weighted by Crippen LogP contribution is -2.14. The molecule has 9 heteroatoms. The molecule has 3 rings (SSSR count). The van der Waals surface area contributed by atoms with Crippen LogP contribution in [0.15, 0.2) is 51.4 Å². The molecule has 25 heavy (non-hydrogen) atoms. The lowest BCUT2D eigenvalue weighted by atomic mass is 10.2. The Balaban J connectivity index is 1.50. The average Bonchev–Trinajstić information content (AvgIpc) is 3.05. The molecule has 0 aliphatic rings. The summed E-state index contributed by atoms with van der Waals surface area (Å²) in [6, 6.07) is 9.82. The third-order valence-electron chi connectivity index (χ3n) is 3.04. The predicted molar refractivity (Wildman–Crippen MR) is 100 cm³/mol. The molecule has 3 aromatic rings. The van der Waals surface area contributed by atoms with Gasteiger partial charge in [0, 0.05) is 17.1 Å². The predicted octanol–water partition coefficient (Wildman–Crippen LogP) is 4.16. The summed E-state index contributed by atoms with van der Waals surface area (Å²) < 4.78 is 14.5. The molecule has 0 saturated heterocycles. The molecule has 0 aliphatic carbocycles. The lowest BCUT2D eigenvalue weighted by molar-refractivity contribution is -0.113. The number of hydrogen-bond donors (Lipinski definition) is 1. The SMILES string of the molecule is O=C(CSc1nnc(Cc2ccc(F)cc2)s1)Nc1ccc(Br)cn1. The third kappa shape index (κ3) is 5.58. The molecule has 0 unspecified atom stereocenters. The maximum atomic E-state index is 12.9. The van der Waals surface area contributed by atoms with Crippen LogP contribution < -0.4 is 5.32 Å². The van der Waals surface area contributed by atoms with Gasteiger partial charge in [0.2, 0.25) is 5.91 Å². The van der Waals surface area contributed by atoms with Gasteiger partial charge in [-0.25, -0.2) is 9.37 Å². The molecule has 0 aliphatic heterocycles. The number of halogens is 2. The van der Waals surface area contributed by atoms with E-state index in [1.54, 1.807) is 24.4 Å². The Labute approximate surface area is 160 Å². The highest BCUT2D eigenvalue weighted by molar-refractivity contribution is 9.10. The molecule has 128 valence electrons. The van der Waals surface area contributed by atoms with E-state index < -0.39 is 0 Å². The number of thioether (sulfide) groups is 1. The summed E-state index contributed by atoms with van der Waals surface area (Å²) in [5, 5.41) is 11.7. The van der Waals surface area contributed by atoms with Crippen molar-refractivity contribution in [3.63, 3.8) is 0 Å². The molecule has 1 aromatic carbocycles. The summed E-state index contributed by atoms with van der Waals surface area (Å²) in [5.41, 5.74) is 0.966. The molecule has 5 nitrogen and oxygen atoms in total. The molecule has 0 spiro atoms. The van der Waals surface area contributed by atoms with Crippen molar-refractivity contribution >= 4 is 50.8 Å². The van der Waals surface area contributed by atoms with Crippen LogP contribution in [0, 0.1) is 5.82 Å². The van der Waals surface area contributed by atoms with Gasteiger partial charge in [-0.3, -0.25) is 4.79 Å². The fraction of sp³-hybridized carbons (Fsp3) is 0.125. The van der Waals surface area contributed by atoms with Gasteiger partial charge >= 0.3 is 0 Å². The van der Waals surface area contributed by atoms with E-state index >= 15 is 0 Å². The minimum atomic E-state index is -0.261. The van der Waals surface area contributed by atoms with E-state index in [1.807, 2.05) is 6.07 Å². The Hall–Kier alpha value is -1.84. The number of amides is 1. The number of hydrogen-bond acceptors (Lipinski definition) is 6. The van der Waals surface area contributed by atoms with Crippen LogP contribution in [0.1, 0.15) is 10.6 Å². The highest BCUT2D eigenvalue weighted by Crippen LogP contribution is 2.24. The van der Waals surface area contributed by atoms with Crippen LogP contribution in [0.2, 0.25) is 0 Å². The Bertz CT molecular complexity index is 855. The van der Waals surface area contributed by atoms with Gasteiger partial charge in [-0.15, -0.1) is 10.2 Å². The molecule has 0 atom stereocenters. The van der Waals surface area contributed by atoms with Gasteiger partial charge in [0.1, 0.15) is 16.6 Å². The zero-order valence-electron chi connectivity index (χ0n) is 12.8. The van der Waals surface area contributed by atoms with E-state index in [4.69, 9.17) is 0 Å². The minimum Gasteiger partial charge on any atom is -0.310 e. The normalized spacial score (nSPS) is 10.6. The first-order valence-corrected chi connectivity index (χ1v) is 9.79. The van der Waals surface area contributed by atoms with Crippen LogP contribution in [0.3, 0.4) is 0 Å². The van der Waals surface area contributed by atoms with E-state index in [-0.39, 0.29) is 17.5 Å². The number of nitrogens with one attached hydrogen (secondary N) is 1. The van der Waals surface area contributed by atoms with Gasteiger partial charge in [0.15, 0.2) is 4.34 Å². The van der Waals surface area contributed by atoms with Crippen LogP contribution in [-0.4, -0.2) is 26.8 Å². The molecular formula is C16H12BrFN4OS2. The van der Waals surface area contributed by atoms with E-state index in [0.29, 0.717) is 12.2 Å². The summed E-state index contributed by atoms with van der Waals surface area (Å²) in [7, 11) is 0. The van der Waals surface area contributed by atoms with Gasteiger partial charge in [0.05, 0.1) is 5.75 Å². The third-order valence-corrected chi connectivity index (χ3v) is 5.56. The van der Waals surface area contributed by atoms with Crippen LogP contribution in [0.4, 0.5) is 10.2 Å². The Morgan fingerprint density at radius 2 is 2.00 bits per heavy atom. The number of rotatable bonds is 6. The molecule has 2 aromatic heterocycles. The van der Waals surface area contributed by atoms with Crippen molar-refractivity contribution < 1.29 is 9.18 Å². The molecule has 1 N–H and O–H groups in total. The van der Waals surface area contributed by atoms with Crippen LogP contribution in [-0.2, 0) is 11.2 Å². The summed E-state index contributed by atoms with van der Waals surface area (Å²) in [4.78, 5) is 16.0. The highest BCUT2D eigenvalue weighted by Gasteiger charge is 2.09. The van der Waals surface area contributed by atoms with Crippen LogP contribution >= 0.6 is 39.0 Å². The summed E-state index contributed by atoms with van der Waals surface area (Å²) in [6.45, 7) is 0. The maximum absolute atomic E-state index is 12.9. The van der Waals surface area contributed by atoms with Gasteiger partial charge in [0.25, 0.3) is 0 Å². The molecule has 0 fully saturated rings. The molecule has 0 saturated carbocycles. The zero-order valence-corrected chi connectivity index (χ0v) is 16.0. The fourth-order valence-electron chi connectivity index (χ4n) is 1.90. The summed E-state index contributed by atoms with van der Waals surface area (Å²) in [6.07, 6.45) is 2.21. The second-order valence-electron chi connectivity index (χ2n) is 4.96. The zero-order chi connectivity index (χ0) is 17.6. The number of carbonyl (C=O) groups excluding carboxylic acids is 1. The maximum Gasteiger partial charge on any atom is 0.235 e. The first-order chi connectivity index (χ1) is 12.1. The molecular weight excluding hydrogens is 427 g/mol. The summed E-state index contributed by atoms with van der Waals surface area (Å²) in [5.74, 6) is 0.310. The van der Waals surface area contributed by atoms with Gasteiger partial charge < -0.3 is 5.32 Å². The molecule has 0 radical (unpaired) electrons. The quantitative estimate of drug-likeness (QED) is 0.585. The van der Waals surface area contributed by atoms with Gasteiger partial charge in [-0.2, -0.15) is 0 Å². The van der Waals surface area contributed by atoms with Crippen molar-refractivity contribution in [1.82, 2.24) is 15.2 Å². The van der Waals surface area contributed by atoms with E-state index in [1.165, 1.54) is 35.2 Å². The fourth-order valence-corrected chi connectivity index (χ4v) is 3.87. The van der Waals surface area contributed by atoms with E-state index in [0.717, 1.165) is 19.4 Å². The standard InChI is InChI=1S/C16H12BrFN4OS2/c17-11-3-6-13(19-8-11)20-14(23)9-24-16-22-21-15(25-16)7-10-1-4-12(18)5-2-10/h1-6,8H,7,9H2,(H,19,20,23). The van der Waals surface area contributed by atoms with Crippen LogP contribution in [0.25, 0.3) is 0 Å².